The van der Waals surface area contributed by atoms with E-state index in [-0.39, 0.29) is 0 Å². The van der Waals surface area contributed by atoms with Crippen LogP contribution in [0.2, 0.25) is 0 Å². The van der Waals surface area contributed by atoms with Crippen molar-refractivity contribution in [1.29, 1.82) is 0 Å². The van der Waals surface area contributed by atoms with E-state index in [9.17, 15) is 0 Å². The summed E-state index contributed by atoms with van der Waals surface area (Å²) in [5.41, 5.74) is 15.8. The number of hydrogen-bond donors (Lipinski definition) is 0. The molecule has 11 aromatic rings. The van der Waals surface area contributed by atoms with Crippen LogP contribution in [0, 0.1) is 0 Å². The number of benzene rings is 7. The first-order valence-electron chi connectivity index (χ1n) is 19.5. The molecule has 4 aromatic heterocycles. The Morgan fingerprint density at radius 3 is 2.09 bits per heavy atom. The zero-order chi connectivity index (χ0) is 37.5. The number of allylic oxidation sites excluding steroid dienone is 1. The normalized spacial score (nSPS) is 12.7. The zero-order valence-corrected chi connectivity index (χ0v) is 30.8. The predicted octanol–water partition coefficient (Wildman–Crippen LogP) is 13.8. The highest BCUT2D eigenvalue weighted by molar-refractivity contribution is 6.17. The maximum Gasteiger partial charge on any atom is 0.180 e. The standard InChI is InChI=1S/C52H33N3O2/c1-4-15-32(16-5-1)35-29-41(33-17-6-2-7-18-33)50-42(30-35)47-40(23-14-26-46(47)57-50)52-53-48(51-49(54-52)39-22-11-13-25-45(39)56-51)34-27-28-38-37-21-10-12-24-43(37)55(44(38)31-34)36-19-8-3-9-20-36/h1-11,13-23,25-31H,12,24H2. The molecule has 0 bridgehead atoms. The molecule has 7 aromatic carbocycles. The molecular weight excluding hydrogens is 699 g/mol. The van der Waals surface area contributed by atoms with E-state index in [0.717, 1.165) is 102 Å². The summed E-state index contributed by atoms with van der Waals surface area (Å²) in [4.78, 5) is 10.8. The largest absolute Gasteiger partial charge is 0.455 e. The van der Waals surface area contributed by atoms with Crippen molar-refractivity contribution in [3.05, 3.63) is 181 Å². The maximum atomic E-state index is 6.81. The second-order valence-electron chi connectivity index (χ2n) is 14.8. The number of nitrogens with zero attached hydrogens (tertiary/aromatic N) is 3. The van der Waals surface area contributed by atoms with Gasteiger partial charge in [-0.3, -0.25) is 0 Å². The van der Waals surface area contributed by atoms with Crippen LogP contribution in [-0.2, 0) is 6.42 Å². The van der Waals surface area contributed by atoms with Gasteiger partial charge in [0.05, 0.1) is 5.52 Å². The fourth-order valence-electron chi connectivity index (χ4n) is 8.89. The monoisotopic (exact) mass is 731 g/mol. The van der Waals surface area contributed by atoms with Crippen molar-refractivity contribution < 1.29 is 8.83 Å². The molecule has 0 fully saturated rings. The van der Waals surface area contributed by atoms with Crippen molar-refractivity contribution in [3.8, 4) is 50.6 Å². The Hall–Kier alpha value is -7.50. The van der Waals surface area contributed by atoms with E-state index in [4.69, 9.17) is 18.8 Å². The summed E-state index contributed by atoms with van der Waals surface area (Å²) in [6.45, 7) is 0. The summed E-state index contributed by atoms with van der Waals surface area (Å²) in [5.74, 6) is 0.615. The van der Waals surface area contributed by atoms with E-state index >= 15 is 0 Å². The number of fused-ring (bicyclic) bond motifs is 9. The van der Waals surface area contributed by atoms with Gasteiger partial charge in [0.15, 0.2) is 11.4 Å². The Kier molecular flexibility index (Phi) is 6.99. The van der Waals surface area contributed by atoms with Gasteiger partial charge in [-0.2, -0.15) is 0 Å². The number of aromatic nitrogens is 3. The highest BCUT2D eigenvalue weighted by Gasteiger charge is 2.24. The average molecular weight is 732 g/mol. The van der Waals surface area contributed by atoms with Gasteiger partial charge in [0.25, 0.3) is 0 Å². The van der Waals surface area contributed by atoms with E-state index < -0.39 is 0 Å². The number of furan rings is 2. The summed E-state index contributed by atoms with van der Waals surface area (Å²) < 4.78 is 15.9. The van der Waals surface area contributed by atoms with Crippen LogP contribution in [0.5, 0.6) is 0 Å². The molecule has 0 radical (unpaired) electrons. The van der Waals surface area contributed by atoms with E-state index in [1.54, 1.807) is 0 Å². The lowest BCUT2D eigenvalue weighted by Gasteiger charge is -2.13. The first-order chi connectivity index (χ1) is 28.3. The summed E-state index contributed by atoms with van der Waals surface area (Å²) in [7, 11) is 0. The predicted molar refractivity (Wildman–Crippen MR) is 233 cm³/mol. The third-order valence-electron chi connectivity index (χ3n) is 11.5. The molecule has 0 amide bonds. The van der Waals surface area contributed by atoms with Gasteiger partial charge in [-0.05, 0) is 78.1 Å². The van der Waals surface area contributed by atoms with Gasteiger partial charge >= 0.3 is 0 Å². The van der Waals surface area contributed by atoms with E-state index in [1.807, 2.05) is 36.4 Å². The summed E-state index contributed by atoms with van der Waals surface area (Å²) >= 11 is 0. The molecule has 0 aliphatic heterocycles. The van der Waals surface area contributed by atoms with Crippen LogP contribution in [0.3, 0.4) is 0 Å². The third kappa shape index (κ3) is 4.95. The number of hydrogen-bond acceptors (Lipinski definition) is 4. The molecule has 4 heterocycles. The van der Waals surface area contributed by atoms with Gasteiger partial charge in [0, 0.05) is 55.2 Å². The second-order valence-corrected chi connectivity index (χ2v) is 14.8. The van der Waals surface area contributed by atoms with Crippen molar-refractivity contribution in [2.24, 2.45) is 0 Å². The van der Waals surface area contributed by atoms with Crippen molar-refractivity contribution in [1.82, 2.24) is 14.5 Å². The molecule has 5 heteroatoms. The van der Waals surface area contributed by atoms with Crippen LogP contribution < -0.4 is 0 Å². The Morgan fingerprint density at radius 1 is 0.509 bits per heavy atom. The molecule has 0 N–H and O–H groups in total. The van der Waals surface area contributed by atoms with Gasteiger partial charge in [0.1, 0.15) is 28.0 Å². The molecule has 57 heavy (non-hydrogen) atoms. The second kappa shape index (κ2) is 12.5. The first kappa shape index (κ1) is 31.8. The Bertz CT molecular complexity index is 3390. The average Bonchev–Trinajstić information content (AvgIpc) is 3.96. The molecule has 268 valence electrons. The molecule has 0 unspecified atom stereocenters. The van der Waals surface area contributed by atoms with Gasteiger partial charge in [-0.1, -0.05) is 127 Å². The summed E-state index contributed by atoms with van der Waals surface area (Å²) in [6.07, 6.45) is 6.57. The van der Waals surface area contributed by atoms with Crippen molar-refractivity contribution >= 4 is 61.0 Å². The van der Waals surface area contributed by atoms with Crippen molar-refractivity contribution in [3.63, 3.8) is 0 Å². The zero-order valence-electron chi connectivity index (χ0n) is 30.8. The van der Waals surface area contributed by atoms with Crippen LogP contribution >= 0.6 is 0 Å². The Morgan fingerprint density at radius 2 is 1.25 bits per heavy atom. The summed E-state index contributed by atoms with van der Waals surface area (Å²) in [6, 6.07) is 57.2. The maximum absolute atomic E-state index is 6.81. The Labute approximate surface area is 327 Å². The quantitative estimate of drug-likeness (QED) is 0.177. The molecule has 1 aliphatic rings. The first-order valence-corrected chi connectivity index (χ1v) is 19.5. The molecule has 5 nitrogen and oxygen atoms in total. The summed E-state index contributed by atoms with van der Waals surface area (Å²) in [5, 5.41) is 4.17. The van der Waals surface area contributed by atoms with Crippen LogP contribution in [0.15, 0.2) is 179 Å². The molecule has 0 spiro atoms. The number of para-hydroxylation sites is 2. The Balaban J connectivity index is 1.14. The molecule has 0 saturated carbocycles. The molecule has 12 rings (SSSR count). The minimum atomic E-state index is 0.615. The lowest BCUT2D eigenvalue weighted by Crippen LogP contribution is -2.02. The van der Waals surface area contributed by atoms with Crippen LogP contribution in [0.25, 0.3) is 112 Å². The van der Waals surface area contributed by atoms with E-state index in [0.29, 0.717) is 11.4 Å². The van der Waals surface area contributed by atoms with E-state index in [2.05, 4.69) is 144 Å². The van der Waals surface area contributed by atoms with Gasteiger partial charge in [0.2, 0.25) is 0 Å². The van der Waals surface area contributed by atoms with Crippen molar-refractivity contribution in [2.45, 2.75) is 12.8 Å². The fraction of sp³-hybridized carbons (Fsp3) is 0.0385. The third-order valence-corrected chi connectivity index (χ3v) is 11.5. The smallest absolute Gasteiger partial charge is 0.180 e. The minimum absolute atomic E-state index is 0.615. The number of rotatable bonds is 5. The highest BCUT2D eigenvalue weighted by atomic mass is 16.3. The van der Waals surface area contributed by atoms with Crippen LogP contribution in [0.1, 0.15) is 17.7 Å². The lowest BCUT2D eigenvalue weighted by molar-refractivity contribution is 0.667. The van der Waals surface area contributed by atoms with Gasteiger partial charge in [-0.15, -0.1) is 0 Å². The molecule has 0 atom stereocenters. The molecule has 1 aliphatic carbocycles. The van der Waals surface area contributed by atoms with Gasteiger partial charge in [-0.25, -0.2) is 9.97 Å². The highest BCUT2D eigenvalue weighted by Crippen LogP contribution is 2.44. The van der Waals surface area contributed by atoms with Crippen LogP contribution in [-0.4, -0.2) is 14.5 Å². The van der Waals surface area contributed by atoms with Crippen LogP contribution in [0.4, 0.5) is 0 Å². The van der Waals surface area contributed by atoms with E-state index in [1.165, 1.54) is 16.6 Å². The van der Waals surface area contributed by atoms with Gasteiger partial charge < -0.3 is 13.4 Å². The fourth-order valence-corrected chi connectivity index (χ4v) is 8.89. The molecule has 0 saturated heterocycles. The SMILES string of the molecule is C1=Cc2c(n(-c3ccccc3)c3cc(-c4nc(-c5cccc6oc7c(-c8ccccc8)cc(-c8ccccc8)cc7c56)nc5c4oc4ccccc45)ccc23)CC1. The molecular formula is C52H33N3O2. The minimum Gasteiger partial charge on any atom is -0.455 e. The topological polar surface area (TPSA) is 57.0 Å². The van der Waals surface area contributed by atoms with Crippen molar-refractivity contribution in [2.75, 3.05) is 0 Å². The lowest BCUT2D eigenvalue weighted by atomic mass is 9.95.